The molecule has 1 aromatic heterocycles. The molecule has 0 fully saturated rings. The average Bonchev–Trinajstić information content (AvgIpc) is 3.18. The molecule has 1 aliphatic heterocycles. The minimum Gasteiger partial charge on any atom is -0.360 e. The highest BCUT2D eigenvalue weighted by Crippen LogP contribution is 2.34. The lowest BCUT2D eigenvalue weighted by molar-refractivity contribution is -0.384. The molecule has 0 saturated heterocycles. The number of hydrogen-bond donors (Lipinski definition) is 2. The van der Waals surface area contributed by atoms with E-state index in [0.29, 0.717) is 27.7 Å². The Morgan fingerprint density at radius 2 is 1.88 bits per heavy atom. The van der Waals surface area contributed by atoms with Crippen molar-refractivity contribution >= 4 is 40.4 Å². The van der Waals surface area contributed by atoms with E-state index >= 15 is 0 Å². The third-order valence-corrected chi connectivity index (χ3v) is 5.35. The minimum atomic E-state index is -0.615. The number of amides is 1. The van der Waals surface area contributed by atoms with E-state index in [2.05, 4.69) is 15.8 Å². The summed E-state index contributed by atoms with van der Waals surface area (Å²) in [7, 11) is 0. The van der Waals surface area contributed by atoms with E-state index in [4.69, 9.17) is 16.7 Å². The molecule has 162 valence electrons. The first kappa shape index (κ1) is 21.2. The third-order valence-electron chi connectivity index (χ3n) is 5.05. The van der Waals surface area contributed by atoms with E-state index in [1.54, 1.807) is 30.0 Å². The van der Waals surface area contributed by atoms with Gasteiger partial charge in [0.2, 0.25) is 0 Å². The SMILES string of the molecule is CC1=C(C(=O)Nc2cc(C)on2)[C@@H](c2ccc([N+](=O)[O-])cc2)NC(=S)N1c1ccccc1. The number of nitrogens with one attached hydrogen (secondary N) is 2. The molecule has 9 nitrogen and oxygen atoms in total. The normalized spacial score (nSPS) is 16.0. The Morgan fingerprint density at radius 1 is 1.19 bits per heavy atom. The standard InChI is InChI=1S/C22H19N5O4S/c1-13-12-18(25-31-13)23-21(28)19-14(2)26(16-6-4-3-5-7-16)22(32)24-20(19)15-8-10-17(11-9-15)27(29)30/h3-12,20H,1-2H3,(H,24,32)(H,23,25,28)/t20-/m1/s1. The van der Waals surface area contributed by atoms with Crippen LogP contribution in [0.2, 0.25) is 0 Å². The maximum Gasteiger partial charge on any atom is 0.269 e. The van der Waals surface area contributed by atoms with Crippen LogP contribution in [-0.2, 0) is 4.79 Å². The monoisotopic (exact) mass is 449 g/mol. The van der Waals surface area contributed by atoms with Gasteiger partial charge in [0.15, 0.2) is 10.9 Å². The smallest absolute Gasteiger partial charge is 0.269 e. The van der Waals surface area contributed by atoms with Crippen LogP contribution < -0.4 is 15.5 Å². The second kappa shape index (κ2) is 8.60. The number of nitrogens with zero attached hydrogens (tertiary/aromatic N) is 3. The van der Waals surface area contributed by atoms with Gasteiger partial charge in [-0.2, -0.15) is 0 Å². The first-order chi connectivity index (χ1) is 15.3. The van der Waals surface area contributed by atoms with Crippen molar-refractivity contribution in [3.8, 4) is 0 Å². The first-order valence-electron chi connectivity index (χ1n) is 9.70. The predicted octanol–water partition coefficient (Wildman–Crippen LogP) is 4.24. The number of non-ortho nitro benzene ring substituents is 1. The highest BCUT2D eigenvalue weighted by Gasteiger charge is 2.35. The Bertz CT molecular complexity index is 1220. The van der Waals surface area contributed by atoms with Crippen LogP contribution in [0.5, 0.6) is 0 Å². The number of thiocarbonyl (C=S) groups is 1. The lowest BCUT2D eigenvalue weighted by Gasteiger charge is -2.37. The summed E-state index contributed by atoms with van der Waals surface area (Å²) in [6, 6.07) is 16.4. The summed E-state index contributed by atoms with van der Waals surface area (Å²) in [6.07, 6.45) is 0. The number of carbonyl (C=O) groups is 1. The lowest BCUT2D eigenvalue weighted by Crippen LogP contribution is -2.48. The van der Waals surface area contributed by atoms with Gasteiger partial charge in [-0.15, -0.1) is 0 Å². The topological polar surface area (TPSA) is 114 Å². The lowest BCUT2D eigenvalue weighted by atomic mass is 9.94. The molecule has 0 bridgehead atoms. The molecule has 0 unspecified atom stereocenters. The van der Waals surface area contributed by atoms with Gasteiger partial charge in [0.1, 0.15) is 5.76 Å². The Kier molecular flexibility index (Phi) is 5.69. The van der Waals surface area contributed by atoms with E-state index in [1.165, 1.54) is 12.1 Å². The van der Waals surface area contributed by atoms with Gasteiger partial charge in [-0.05, 0) is 55.9 Å². The molecule has 0 spiro atoms. The molecule has 32 heavy (non-hydrogen) atoms. The summed E-state index contributed by atoms with van der Waals surface area (Å²) in [5, 5.41) is 21.3. The zero-order valence-electron chi connectivity index (χ0n) is 17.2. The third kappa shape index (κ3) is 4.08. The fourth-order valence-electron chi connectivity index (χ4n) is 3.57. The fraction of sp³-hybridized carbons (Fsp3) is 0.136. The Morgan fingerprint density at radius 3 is 2.47 bits per heavy atom. The van der Waals surface area contributed by atoms with Crippen molar-refractivity contribution < 1.29 is 14.2 Å². The van der Waals surface area contributed by atoms with E-state index in [0.717, 1.165) is 5.69 Å². The van der Waals surface area contributed by atoms with Crippen LogP contribution >= 0.6 is 12.2 Å². The summed E-state index contributed by atoms with van der Waals surface area (Å²) in [4.78, 5) is 25.7. The number of para-hydroxylation sites is 1. The number of anilines is 2. The highest BCUT2D eigenvalue weighted by molar-refractivity contribution is 7.80. The van der Waals surface area contributed by atoms with Crippen LogP contribution in [0, 0.1) is 17.0 Å². The molecule has 4 rings (SSSR count). The van der Waals surface area contributed by atoms with Gasteiger partial charge in [-0.25, -0.2) is 0 Å². The van der Waals surface area contributed by atoms with Crippen LogP contribution in [0.1, 0.15) is 24.3 Å². The highest BCUT2D eigenvalue weighted by atomic mass is 32.1. The molecule has 10 heteroatoms. The van der Waals surface area contributed by atoms with E-state index in [-0.39, 0.29) is 11.5 Å². The molecule has 0 radical (unpaired) electrons. The molecule has 1 atom stereocenters. The molecule has 0 aliphatic carbocycles. The number of aryl methyl sites for hydroxylation is 1. The van der Waals surface area contributed by atoms with Crippen molar-refractivity contribution in [2.75, 3.05) is 10.2 Å². The van der Waals surface area contributed by atoms with E-state index < -0.39 is 16.9 Å². The Hall–Kier alpha value is -4.05. The zero-order valence-corrected chi connectivity index (χ0v) is 18.1. The van der Waals surface area contributed by atoms with Crippen LogP contribution in [0.15, 0.2) is 76.5 Å². The number of nitro benzene ring substituents is 1. The van der Waals surface area contributed by atoms with Gasteiger partial charge in [-0.3, -0.25) is 19.8 Å². The van der Waals surface area contributed by atoms with E-state index in [9.17, 15) is 14.9 Å². The maximum absolute atomic E-state index is 13.4. The molecule has 2 heterocycles. The number of benzene rings is 2. The molecular formula is C22H19N5O4S. The van der Waals surface area contributed by atoms with Crippen LogP contribution in [0.3, 0.4) is 0 Å². The zero-order chi connectivity index (χ0) is 22.8. The minimum absolute atomic E-state index is 0.0391. The number of nitro groups is 1. The average molecular weight is 449 g/mol. The number of aromatic nitrogens is 1. The van der Waals surface area contributed by atoms with Crippen molar-refractivity contribution in [3.63, 3.8) is 0 Å². The number of carbonyl (C=O) groups excluding carboxylic acids is 1. The molecule has 0 saturated carbocycles. The second-order valence-electron chi connectivity index (χ2n) is 7.18. The van der Waals surface area contributed by atoms with Crippen molar-refractivity contribution in [2.24, 2.45) is 0 Å². The molecule has 2 aromatic carbocycles. The van der Waals surface area contributed by atoms with Gasteiger partial charge in [0, 0.05) is 29.6 Å². The molecule has 3 aromatic rings. The van der Waals surface area contributed by atoms with Gasteiger partial charge in [0.05, 0.1) is 16.5 Å². The summed E-state index contributed by atoms with van der Waals surface area (Å²) in [6.45, 7) is 3.53. The van der Waals surface area contributed by atoms with E-state index in [1.807, 2.05) is 37.3 Å². The van der Waals surface area contributed by atoms with Crippen molar-refractivity contribution in [1.29, 1.82) is 0 Å². The largest absolute Gasteiger partial charge is 0.360 e. The number of rotatable bonds is 5. The number of hydrogen-bond acceptors (Lipinski definition) is 6. The van der Waals surface area contributed by atoms with Crippen LogP contribution in [-0.4, -0.2) is 21.1 Å². The molecule has 1 aliphatic rings. The maximum atomic E-state index is 13.4. The van der Waals surface area contributed by atoms with Gasteiger partial charge in [-0.1, -0.05) is 23.4 Å². The fourth-order valence-corrected chi connectivity index (χ4v) is 3.93. The Balaban J connectivity index is 1.79. The first-order valence-corrected chi connectivity index (χ1v) is 10.1. The van der Waals surface area contributed by atoms with Gasteiger partial charge >= 0.3 is 0 Å². The summed E-state index contributed by atoms with van der Waals surface area (Å²) >= 11 is 5.62. The number of allylic oxidation sites excluding steroid dienone is 1. The van der Waals surface area contributed by atoms with Crippen molar-refractivity contribution in [3.05, 3.63) is 93.4 Å². The summed E-state index contributed by atoms with van der Waals surface area (Å²) < 4.78 is 5.04. The predicted molar refractivity (Wildman–Crippen MR) is 123 cm³/mol. The van der Waals surface area contributed by atoms with Crippen molar-refractivity contribution in [1.82, 2.24) is 10.5 Å². The quantitative estimate of drug-likeness (QED) is 0.338. The van der Waals surface area contributed by atoms with Crippen LogP contribution in [0.4, 0.5) is 17.2 Å². The molecule has 2 N–H and O–H groups in total. The van der Waals surface area contributed by atoms with Gasteiger partial charge < -0.3 is 15.2 Å². The molecular weight excluding hydrogens is 430 g/mol. The van der Waals surface area contributed by atoms with Crippen molar-refractivity contribution in [2.45, 2.75) is 19.9 Å². The van der Waals surface area contributed by atoms with Gasteiger partial charge in [0.25, 0.3) is 11.6 Å². The van der Waals surface area contributed by atoms with Crippen LogP contribution in [0.25, 0.3) is 0 Å². The second-order valence-corrected chi connectivity index (χ2v) is 7.56. The summed E-state index contributed by atoms with van der Waals surface area (Å²) in [5.41, 5.74) is 2.44. The molecule has 1 amide bonds. The summed E-state index contributed by atoms with van der Waals surface area (Å²) in [5.74, 6) is 0.455. The Labute approximate surface area is 188 Å².